The van der Waals surface area contributed by atoms with E-state index in [4.69, 9.17) is 16.3 Å². The molecule has 0 saturated heterocycles. The summed E-state index contributed by atoms with van der Waals surface area (Å²) in [6, 6.07) is 3.81. The molecular weight excluding hydrogens is 240 g/mol. The largest absolute Gasteiger partial charge is 0.496 e. The van der Waals surface area contributed by atoms with Crippen LogP contribution in [0.1, 0.15) is 24.0 Å². The minimum atomic E-state index is -0.192. The molecule has 0 heterocycles. The summed E-state index contributed by atoms with van der Waals surface area (Å²) in [6.45, 7) is 1.93. The van der Waals surface area contributed by atoms with Gasteiger partial charge in [-0.3, -0.25) is 4.79 Å². The van der Waals surface area contributed by atoms with E-state index in [0.717, 1.165) is 34.7 Å². The highest BCUT2D eigenvalue weighted by Crippen LogP contribution is 2.27. The quantitative estimate of drug-likeness (QED) is 0.759. The Morgan fingerprint density at radius 2 is 2.06 bits per heavy atom. The summed E-state index contributed by atoms with van der Waals surface area (Å²) in [5.41, 5.74) is 2.01. The number of rotatable bonds is 5. The molecule has 4 heteroatoms. The van der Waals surface area contributed by atoms with Crippen LogP contribution in [0, 0.1) is 6.92 Å². The smallest absolute Gasteiger partial charge is 0.305 e. The molecule has 0 N–H and O–H groups in total. The lowest BCUT2D eigenvalue weighted by molar-refractivity contribution is -0.140. The summed E-state index contributed by atoms with van der Waals surface area (Å²) in [4.78, 5) is 11.0. The lowest BCUT2D eigenvalue weighted by atomic mass is 10.0. The van der Waals surface area contributed by atoms with Crippen LogP contribution >= 0.6 is 11.6 Å². The van der Waals surface area contributed by atoms with Crippen molar-refractivity contribution in [2.45, 2.75) is 26.2 Å². The Bertz CT molecular complexity index is 402. The number of aryl methyl sites for hydroxylation is 2. The molecule has 0 aliphatic carbocycles. The van der Waals surface area contributed by atoms with Gasteiger partial charge in [0.05, 0.1) is 14.2 Å². The fourth-order valence-electron chi connectivity index (χ4n) is 1.61. The van der Waals surface area contributed by atoms with Gasteiger partial charge >= 0.3 is 5.97 Å². The minimum absolute atomic E-state index is 0.192. The van der Waals surface area contributed by atoms with Crippen molar-refractivity contribution in [3.8, 4) is 5.75 Å². The predicted octanol–water partition coefficient (Wildman–Crippen LogP) is 3.15. The molecule has 0 saturated carbocycles. The van der Waals surface area contributed by atoms with Gasteiger partial charge in [0.2, 0.25) is 0 Å². The molecule has 0 aromatic heterocycles. The zero-order chi connectivity index (χ0) is 12.8. The van der Waals surface area contributed by atoms with Crippen molar-refractivity contribution in [1.29, 1.82) is 0 Å². The van der Waals surface area contributed by atoms with Crippen LogP contribution in [0.3, 0.4) is 0 Å². The Kier molecular flexibility index (Phi) is 5.29. The van der Waals surface area contributed by atoms with Crippen LogP contribution in [0.2, 0.25) is 5.02 Å². The van der Waals surface area contributed by atoms with Crippen molar-refractivity contribution in [3.05, 3.63) is 28.3 Å². The topological polar surface area (TPSA) is 35.5 Å². The van der Waals surface area contributed by atoms with Gasteiger partial charge in [-0.05, 0) is 43.0 Å². The van der Waals surface area contributed by atoms with E-state index in [2.05, 4.69) is 4.74 Å². The summed E-state index contributed by atoms with van der Waals surface area (Å²) >= 11 is 6.06. The highest BCUT2D eigenvalue weighted by molar-refractivity contribution is 6.31. The Balaban J connectivity index is 2.69. The normalized spacial score (nSPS) is 10.1. The monoisotopic (exact) mass is 256 g/mol. The van der Waals surface area contributed by atoms with Crippen molar-refractivity contribution in [1.82, 2.24) is 0 Å². The van der Waals surface area contributed by atoms with Crippen LogP contribution in [0.5, 0.6) is 5.75 Å². The Morgan fingerprint density at radius 3 is 2.65 bits per heavy atom. The van der Waals surface area contributed by atoms with Gasteiger partial charge in [0, 0.05) is 11.4 Å². The van der Waals surface area contributed by atoms with E-state index in [1.807, 2.05) is 19.1 Å². The molecule has 0 aliphatic heterocycles. The number of hydrogen-bond donors (Lipinski definition) is 0. The second kappa shape index (κ2) is 6.50. The van der Waals surface area contributed by atoms with Gasteiger partial charge in [-0.2, -0.15) is 0 Å². The van der Waals surface area contributed by atoms with Crippen LogP contribution in [0.4, 0.5) is 0 Å². The second-order valence-electron chi connectivity index (χ2n) is 3.84. The molecule has 1 aromatic rings. The van der Waals surface area contributed by atoms with Crippen LogP contribution in [-0.2, 0) is 16.0 Å². The summed E-state index contributed by atoms with van der Waals surface area (Å²) in [5, 5.41) is 0.721. The van der Waals surface area contributed by atoms with Crippen LogP contribution < -0.4 is 4.74 Å². The SMILES string of the molecule is COC(=O)CCCc1cc(Cl)c(C)cc1OC. The standard InChI is InChI=1S/C13H17ClO3/c1-9-7-12(16-2)10(8-11(9)14)5-4-6-13(15)17-3/h7-8H,4-6H2,1-3H3. The van der Waals surface area contributed by atoms with Crippen LogP contribution in [0.25, 0.3) is 0 Å². The van der Waals surface area contributed by atoms with E-state index >= 15 is 0 Å². The third-order valence-corrected chi connectivity index (χ3v) is 3.02. The van der Waals surface area contributed by atoms with Gasteiger partial charge in [0.15, 0.2) is 0 Å². The van der Waals surface area contributed by atoms with E-state index < -0.39 is 0 Å². The first kappa shape index (κ1) is 13.8. The second-order valence-corrected chi connectivity index (χ2v) is 4.25. The summed E-state index contributed by atoms with van der Waals surface area (Å²) < 4.78 is 9.88. The number of halogens is 1. The zero-order valence-corrected chi connectivity index (χ0v) is 11.1. The highest BCUT2D eigenvalue weighted by Gasteiger charge is 2.08. The average Bonchev–Trinajstić information content (AvgIpc) is 2.32. The first-order valence-corrected chi connectivity index (χ1v) is 5.86. The maximum absolute atomic E-state index is 11.0. The third kappa shape index (κ3) is 3.93. The Labute approximate surface area is 107 Å². The lowest BCUT2D eigenvalue weighted by Crippen LogP contribution is -2.01. The number of hydrogen-bond acceptors (Lipinski definition) is 3. The van der Waals surface area contributed by atoms with Gasteiger partial charge in [0.25, 0.3) is 0 Å². The molecule has 0 bridgehead atoms. The summed E-state index contributed by atoms with van der Waals surface area (Å²) in [5.74, 6) is 0.624. The first-order valence-electron chi connectivity index (χ1n) is 5.48. The summed E-state index contributed by atoms with van der Waals surface area (Å²) in [7, 11) is 3.03. The maximum Gasteiger partial charge on any atom is 0.305 e. The minimum Gasteiger partial charge on any atom is -0.496 e. The van der Waals surface area contributed by atoms with Gasteiger partial charge < -0.3 is 9.47 Å². The highest BCUT2D eigenvalue weighted by atomic mass is 35.5. The van der Waals surface area contributed by atoms with Gasteiger partial charge in [0.1, 0.15) is 5.75 Å². The number of methoxy groups -OCH3 is 2. The molecule has 0 unspecified atom stereocenters. The van der Waals surface area contributed by atoms with Gasteiger partial charge in [-0.1, -0.05) is 11.6 Å². The average molecular weight is 257 g/mol. The van der Waals surface area contributed by atoms with Gasteiger partial charge in [-0.25, -0.2) is 0 Å². The predicted molar refractivity (Wildman–Crippen MR) is 67.7 cm³/mol. The van der Waals surface area contributed by atoms with Crippen molar-refractivity contribution >= 4 is 17.6 Å². The van der Waals surface area contributed by atoms with Crippen molar-refractivity contribution in [2.24, 2.45) is 0 Å². The molecule has 17 heavy (non-hydrogen) atoms. The summed E-state index contributed by atoms with van der Waals surface area (Å²) in [6.07, 6.45) is 1.88. The van der Waals surface area contributed by atoms with Crippen molar-refractivity contribution in [2.75, 3.05) is 14.2 Å². The molecule has 0 radical (unpaired) electrons. The Morgan fingerprint density at radius 1 is 1.35 bits per heavy atom. The molecule has 0 aliphatic rings. The van der Waals surface area contributed by atoms with E-state index in [1.165, 1.54) is 7.11 Å². The molecule has 1 aromatic carbocycles. The number of ether oxygens (including phenoxy) is 2. The lowest BCUT2D eigenvalue weighted by Gasteiger charge is -2.10. The van der Waals surface area contributed by atoms with E-state index in [1.54, 1.807) is 7.11 Å². The Hall–Kier alpha value is -1.22. The van der Waals surface area contributed by atoms with E-state index in [9.17, 15) is 4.79 Å². The van der Waals surface area contributed by atoms with E-state index in [-0.39, 0.29) is 5.97 Å². The number of esters is 1. The zero-order valence-electron chi connectivity index (χ0n) is 10.4. The van der Waals surface area contributed by atoms with Crippen molar-refractivity contribution < 1.29 is 14.3 Å². The number of carbonyl (C=O) groups excluding carboxylic acids is 1. The maximum atomic E-state index is 11.0. The van der Waals surface area contributed by atoms with E-state index in [0.29, 0.717) is 6.42 Å². The molecule has 94 valence electrons. The fraction of sp³-hybridized carbons (Fsp3) is 0.462. The molecular formula is C13H17ClO3. The molecule has 0 atom stereocenters. The molecule has 0 spiro atoms. The molecule has 0 fully saturated rings. The number of benzene rings is 1. The van der Waals surface area contributed by atoms with Gasteiger partial charge in [-0.15, -0.1) is 0 Å². The fourth-order valence-corrected chi connectivity index (χ4v) is 1.79. The molecule has 1 rings (SSSR count). The molecule has 0 amide bonds. The third-order valence-electron chi connectivity index (χ3n) is 2.62. The number of carbonyl (C=O) groups is 1. The van der Waals surface area contributed by atoms with Crippen LogP contribution in [-0.4, -0.2) is 20.2 Å². The van der Waals surface area contributed by atoms with Crippen molar-refractivity contribution in [3.63, 3.8) is 0 Å². The molecule has 3 nitrogen and oxygen atoms in total. The van der Waals surface area contributed by atoms with Crippen LogP contribution in [0.15, 0.2) is 12.1 Å². The first-order chi connectivity index (χ1) is 8.08.